The van der Waals surface area contributed by atoms with Gasteiger partial charge in [-0.25, -0.2) is 4.79 Å². The van der Waals surface area contributed by atoms with Crippen molar-refractivity contribution in [3.05, 3.63) is 30.3 Å². The second kappa shape index (κ2) is 6.64. The van der Waals surface area contributed by atoms with Crippen molar-refractivity contribution in [2.45, 2.75) is 18.9 Å². The van der Waals surface area contributed by atoms with Gasteiger partial charge in [0.1, 0.15) is 10.7 Å². The molecule has 2 N–H and O–H groups in total. The molecule has 1 saturated heterocycles. The molecular weight excluding hydrogens is 288 g/mol. The third-order valence-electron chi connectivity index (χ3n) is 3.28. The van der Waals surface area contributed by atoms with E-state index >= 15 is 0 Å². The number of ether oxygens (including phenoxy) is 1. The standard InChI is InChI=1S/C14H16N4O2S/c19-14(15-9-11-7-4-8-20-11)16-13-12(17-18-21-13)10-5-2-1-3-6-10/h1-3,5-6,11H,4,7-9H2,(H2,15,16,19)/t11-/m0/s1. The molecule has 0 bridgehead atoms. The van der Waals surface area contributed by atoms with Crippen molar-refractivity contribution in [3.63, 3.8) is 0 Å². The summed E-state index contributed by atoms with van der Waals surface area (Å²) in [5.41, 5.74) is 1.62. The Balaban J connectivity index is 1.60. The highest BCUT2D eigenvalue weighted by Gasteiger charge is 2.17. The summed E-state index contributed by atoms with van der Waals surface area (Å²) in [7, 11) is 0. The van der Waals surface area contributed by atoms with Crippen LogP contribution in [0, 0.1) is 0 Å². The second-order valence-corrected chi connectivity index (χ2v) is 5.54. The molecule has 7 heteroatoms. The minimum atomic E-state index is -0.256. The predicted molar refractivity (Wildman–Crippen MR) is 81.3 cm³/mol. The van der Waals surface area contributed by atoms with Gasteiger partial charge in [-0.1, -0.05) is 34.8 Å². The number of nitrogens with one attached hydrogen (secondary N) is 2. The largest absolute Gasteiger partial charge is 0.376 e. The van der Waals surface area contributed by atoms with Crippen molar-refractivity contribution < 1.29 is 9.53 Å². The molecule has 6 nitrogen and oxygen atoms in total. The first-order valence-electron chi connectivity index (χ1n) is 6.87. The van der Waals surface area contributed by atoms with Gasteiger partial charge in [0.2, 0.25) is 0 Å². The van der Waals surface area contributed by atoms with Crippen LogP contribution in [0.3, 0.4) is 0 Å². The zero-order chi connectivity index (χ0) is 14.5. The SMILES string of the molecule is O=C(NC[C@@H]1CCCO1)Nc1snnc1-c1ccccc1. The maximum atomic E-state index is 11.9. The Bertz CT molecular complexity index is 596. The molecule has 110 valence electrons. The first kappa shape index (κ1) is 14.0. The molecule has 2 amide bonds. The number of rotatable bonds is 4. The number of anilines is 1. The molecule has 1 aliphatic rings. The first-order valence-corrected chi connectivity index (χ1v) is 7.64. The lowest BCUT2D eigenvalue weighted by Crippen LogP contribution is -2.34. The van der Waals surface area contributed by atoms with E-state index in [4.69, 9.17) is 4.74 Å². The molecule has 0 unspecified atom stereocenters. The molecule has 3 rings (SSSR count). The van der Waals surface area contributed by atoms with Gasteiger partial charge >= 0.3 is 6.03 Å². The van der Waals surface area contributed by atoms with E-state index in [1.165, 1.54) is 11.5 Å². The first-order chi connectivity index (χ1) is 10.3. The van der Waals surface area contributed by atoms with Crippen LogP contribution in [-0.2, 0) is 4.74 Å². The van der Waals surface area contributed by atoms with Crippen molar-refractivity contribution >= 4 is 22.6 Å². The Hall–Kier alpha value is -1.99. The van der Waals surface area contributed by atoms with Crippen LogP contribution in [0.1, 0.15) is 12.8 Å². The molecule has 0 radical (unpaired) electrons. The van der Waals surface area contributed by atoms with E-state index in [1.54, 1.807) is 0 Å². The van der Waals surface area contributed by atoms with Crippen molar-refractivity contribution in [1.29, 1.82) is 0 Å². The molecule has 1 atom stereocenters. The molecule has 2 aromatic rings. The fraction of sp³-hybridized carbons (Fsp3) is 0.357. The third kappa shape index (κ3) is 3.56. The number of carbonyl (C=O) groups is 1. The Kier molecular flexibility index (Phi) is 4.42. The average Bonchev–Trinajstić information content (AvgIpc) is 3.17. The van der Waals surface area contributed by atoms with Crippen LogP contribution >= 0.6 is 11.5 Å². The van der Waals surface area contributed by atoms with Gasteiger partial charge in [0.15, 0.2) is 0 Å². The van der Waals surface area contributed by atoms with Crippen LogP contribution in [0.4, 0.5) is 9.80 Å². The monoisotopic (exact) mass is 304 g/mol. The van der Waals surface area contributed by atoms with Gasteiger partial charge in [0.05, 0.1) is 6.10 Å². The normalized spacial score (nSPS) is 17.6. The molecule has 1 aromatic carbocycles. The molecule has 2 heterocycles. The number of benzene rings is 1. The van der Waals surface area contributed by atoms with Crippen molar-refractivity contribution in [2.24, 2.45) is 0 Å². The molecule has 1 aromatic heterocycles. The van der Waals surface area contributed by atoms with Gasteiger partial charge in [-0.05, 0) is 12.8 Å². The highest BCUT2D eigenvalue weighted by molar-refractivity contribution is 7.10. The van der Waals surface area contributed by atoms with E-state index in [2.05, 4.69) is 20.2 Å². The number of nitrogens with zero attached hydrogens (tertiary/aromatic N) is 2. The van der Waals surface area contributed by atoms with Crippen molar-refractivity contribution in [3.8, 4) is 11.3 Å². The molecule has 21 heavy (non-hydrogen) atoms. The quantitative estimate of drug-likeness (QED) is 0.910. The summed E-state index contributed by atoms with van der Waals surface area (Å²) in [5.74, 6) is 0. The lowest BCUT2D eigenvalue weighted by molar-refractivity contribution is 0.112. The summed E-state index contributed by atoms with van der Waals surface area (Å²) in [6.07, 6.45) is 2.19. The zero-order valence-corrected chi connectivity index (χ0v) is 12.2. The third-order valence-corrected chi connectivity index (χ3v) is 3.92. The zero-order valence-electron chi connectivity index (χ0n) is 11.4. The molecule has 0 aliphatic carbocycles. The van der Waals surface area contributed by atoms with E-state index in [0.717, 1.165) is 25.0 Å². The Labute approximate surface area is 126 Å². The Morgan fingerprint density at radius 3 is 3.00 bits per heavy atom. The highest BCUT2D eigenvalue weighted by Crippen LogP contribution is 2.28. The molecular formula is C14H16N4O2S. The summed E-state index contributed by atoms with van der Waals surface area (Å²) in [6, 6.07) is 9.41. The smallest absolute Gasteiger partial charge is 0.320 e. The summed E-state index contributed by atoms with van der Waals surface area (Å²) < 4.78 is 9.38. The van der Waals surface area contributed by atoms with E-state index in [1.807, 2.05) is 30.3 Å². The molecule has 1 aliphatic heterocycles. The van der Waals surface area contributed by atoms with Crippen LogP contribution in [0.2, 0.25) is 0 Å². The average molecular weight is 304 g/mol. The lowest BCUT2D eigenvalue weighted by atomic mass is 10.2. The number of hydrogen-bond donors (Lipinski definition) is 2. The summed E-state index contributed by atoms with van der Waals surface area (Å²) in [6.45, 7) is 1.31. The van der Waals surface area contributed by atoms with Crippen LogP contribution in [0.25, 0.3) is 11.3 Å². The summed E-state index contributed by atoms with van der Waals surface area (Å²) in [5, 5.41) is 10.3. The Morgan fingerprint density at radius 1 is 1.38 bits per heavy atom. The van der Waals surface area contributed by atoms with E-state index in [9.17, 15) is 4.79 Å². The second-order valence-electron chi connectivity index (χ2n) is 4.79. The van der Waals surface area contributed by atoms with Crippen molar-refractivity contribution in [1.82, 2.24) is 14.9 Å². The van der Waals surface area contributed by atoms with Gasteiger partial charge in [-0.3, -0.25) is 5.32 Å². The van der Waals surface area contributed by atoms with Gasteiger partial charge < -0.3 is 10.1 Å². The van der Waals surface area contributed by atoms with Gasteiger partial charge in [0.25, 0.3) is 0 Å². The number of carbonyl (C=O) groups excluding carboxylic acids is 1. The number of amides is 2. The number of urea groups is 1. The van der Waals surface area contributed by atoms with Crippen LogP contribution < -0.4 is 10.6 Å². The predicted octanol–water partition coefficient (Wildman–Crippen LogP) is 2.51. The van der Waals surface area contributed by atoms with Crippen LogP contribution in [-0.4, -0.2) is 34.9 Å². The van der Waals surface area contributed by atoms with E-state index in [0.29, 0.717) is 17.2 Å². The highest BCUT2D eigenvalue weighted by atomic mass is 32.1. The van der Waals surface area contributed by atoms with Crippen LogP contribution in [0.15, 0.2) is 30.3 Å². The maximum absolute atomic E-state index is 11.9. The van der Waals surface area contributed by atoms with E-state index < -0.39 is 0 Å². The molecule has 0 saturated carbocycles. The van der Waals surface area contributed by atoms with Gasteiger partial charge in [-0.2, -0.15) is 0 Å². The lowest BCUT2D eigenvalue weighted by Gasteiger charge is -2.11. The van der Waals surface area contributed by atoms with Gasteiger partial charge in [0, 0.05) is 30.2 Å². The van der Waals surface area contributed by atoms with Crippen LogP contribution in [0.5, 0.6) is 0 Å². The maximum Gasteiger partial charge on any atom is 0.320 e. The van der Waals surface area contributed by atoms with Crippen molar-refractivity contribution in [2.75, 3.05) is 18.5 Å². The molecule has 1 fully saturated rings. The number of hydrogen-bond acceptors (Lipinski definition) is 5. The minimum Gasteiger partial charge on any atom is -0.376 e. The Morgan fingerprint density at radius 2 is 2.24 bits per heavy atom. The molecule has 0 spiro atoms. The van der Waals surface area contributed by atoms with E-state index in [-0.39, 0.29) is 12.1 Å². The van der Waals surface area contributed by atoms with Gasteiger partial charge in [-0.15, -0.1) is 5.10 Å². The topological polar surface area (TPSA) is 76.1 Å². The fourth-order valence-electron chi connectivity index (χ4n) is 2.22. The summed E-state index contributed by atoms with van der Waals surface area (Å²) in [4.78, 5) is 11.9. The minimum absolute atomic E-state index is 0.129. The fourth-order valence-corrected chi connectivity index (χ4v) is 2.80. The summed E-state index contributed by atoms with van der Waals surface area (Å²) >= 11 is 1.17. The number of aromatic nitrogens is 2.